The summed E-state index contributed by atoms with van der Waals surface area (Å²) < 4.78 is 0. The Bertz CT molecular complexity index is 732. The molecule has 0 unspecified atom stereocenters. The van der Waals surface area contributed by atoms with Gasteiger partial charge in [-0.15, -0.1) is 5.10 Å². The number of pyridine rings is 1. The van der Waals surface area contributed by atoms with Gasteiger partial charge in [-0.1, -0.05) is 24.3 Å². The highest BCUT2D eigenvalue weighted by Crippen LogP contribution is 2.22. The number of benzene rings is 1. The summed E-state index contributed by atoms with van der Waals surface area (Å²) in [7, 11) is 0. The first-order valence-electron chi connectivity index (χ1n) is 7.52. The lowest BCUT2D eigenvalue weighted by Crippen LogP contribution is -2.18. The molecule has 6 heteroatoms. The van der Waals surface area contributed by atoms with Crippen molar-refractivity contribution in [3.63, 3.8) is 0 Å². The molecular formula is C17H18N6. The van der Waals surface area contributed by atoms with Crippen LogP contribution in [-0.4, -0.2) is 26.7 Å². The Kier molecular flexibility index (Phi) is 4.73. The molecule has 2 aromatic heterocycles. The smallest absolute Gasteiger partial charge is 0.244 e. The van der Waals surface area contributed by atoms with Crippen molar-refractivity contribution >= 4 is 17.5 Å². The van der Waals surface area contributed by atoms with Crippen molar-refractivity contribution in [2.45, 2.75) is 13.5 Å². The third kappa shape index (κ3) is 3.79. The molecular weight excluding hydrogens is 288 g/mol. The van der Waals surface area contributed by atoms with Crippen molar-refractivity contribution < 1.29 is 0 Å². The van der Waals surface area contributed by atoms with E-state index in [9.17, 15) is 0 Å². The fourth-order valence-corrected chi connectivity index (χ4v) is 2.27. The third-order valence-electron chi connectivity index (χ3n) is 3.38. The topological polar surface area (TPSA) is 66.8 Å². The molecule has 0 spiro atoms. The van der Waals surface area contributed by atoms with Gasteiger partial charge >= 0.3 is 0 Å². The van der Waals surface area contributed by atoms with Crippen LogP contribution in [0.25, 0.3) is 0 Å². The number of nitrogens with one attached hydrogen (secondary N) is 1. The molecule has 1 N–H and O–H groups in total. The molecule has 0 aliphatic rings. The normalized spacial score (nSPS) is 10.3. The van der Waals surface area contributed by atoms with Crippen LogP contribution in [0.3, 0.4) is 0 Å². The van der Waals surface area contributed by atoms with Gasteiger partial charge in [0, 0.05) is 31.2 Å². The summed E-state index contributed by atoms with van der Waals surface area (Å²) in [5, 5.41) is 11.3. The van der Waals surface area contributed by atoms with Gasteiger partial charge in [0.25, 0.3) is 0 Å². The Labute approximate surface area is 135 Å². The minimum absolute atomic E-state index is 0.501. The lowest BCUT2D eigenvalue weighted by Gasteiger charge is -2.21. The van der Waals surface area contributed by atoms with Gasteiger partial charge in [-0.3, -0.25) is 4.98 Å². The monoisotopic (exact) mass is 306 g/mol. The maximum Gasteiger partial charge on any atom is 0.244 e. The van der Waals surface area contributed by atoms with Gasteiger partial charge in [-0.25, -0.2) is 0 Å². The predicted molar refractivity (Wildman–Crippen MR) is 90.5 cm³/mol. The zero-order chi connectivity index (χ0) is 15.9. The highest BCUT2D eigenvalue weighted by Gasteiger charge is 2.10. The van der Waals surface area contributed by atoms with Gasteiger partial charge in [0.2, 0.25) is 5.95 Å². The Hall–Kier alpha value is -3.02. The summed E-state index contributed by atoms with van der Waals surface area (Å²) >= 11 is 0. The van der Waals surface area contributed by atoms with Crippen LogP contribution in [0.15, 0.2) is 61.1 Å². The lowest BCUT2D eigenvalue weighted by atomic mass is 10.3. The highest BCUT2D eigenvalue weighted by atomic mass is 15.3. The Morgan fingerprint density at radius 2 is 1.91 bits per heavy atom. The molecule has 6 nitrogen and oxygen atoms in total. The van der Waals surface area contributed by atoms with Crippen LogP contribution in [0.4, 0.5) is 17.5 Å². The number of para-hydroxylation sites is 1. The number of hydrogen-bond donors (Lipinski definition) is 1. The Morgan fingerprint density at radius 1 is 1.04 bits per heavy atom. The molecule has 0 aliphatic carbocycles. The van der Waals surface area contributed by atoms with Crippen LogP contribution in [0.1, 0.15) is 12.5 Å². The predicted octanol–water partition coefficient (Wildman–Crippen LogP) is 3.04. The van der Waals surface area contributed by atoms with Crippen LogP contribution >= 0.6 is 0 Å². The zero-order valence-electron chi connectivity index (χ0n) is 12.9. The van der Waals surface area contributed by atoms with Crippen LogP contribution in [0, 0.1) is 0 Å². The van der Waals surface area contributed by atoms with E-state index < -0.39 is 0 Å². The number of aromatic nitrogens is 4. The van der Waals surface area contributed by atoms with Crippen molar-refractivity contribution in [3.8, 4) is 0 Å². The van der Waals surface area contributed by atoms with Crippen molar-refractivity contribution in [1.82, 2.24) is 20.2 Å². The van der Waals surface area contributed by atoms with Crippen LogP contribution < -0.4 is 10.2 Å². The summed E-state index contributed by atoms with van der Waals surface area (Å²) in [5.74, 6) is 1.27. The van der Waals surface area contributed by atoms with Gasteiger partial charge < -0.3 is 10.2 Å². The lowest BCUT2D eigenvalue weighted by molar-refractivity contribution is 0.904. The second-order valence-electron chi connectivity index (χ2n) is 4.93. The molecule has 0 aliphatic heterocycles. The highest BCUT2D eigenvalue weighted by molar-refractivity contribution is 5.59. The van der Waals surface area contributed by atoms with E-state index in [4.69, 9.17) is 0 Å². The van der Waals surface area contributed by atoms with Crippen LogP contribution in [0.2, 0.25) is 0 Å². The molecule has 0 fully saturated rings. The first-order chi connectivity index (χ1) is 11.4. The minimum Gasteiger partial charge on any atom is -0.349 e. The van der Waals surface area contributed by atoms with Crippen molar-refractivity contribution in [1.29, 1.82) is 0 Å². The second kappa shape index (κ2) is 7.31. The van der Waals surface area contributed by atoms with Gasteiger partial charge in [0.05, 0.1) is 6.20 Å². The summed E-state index contributed by atoms with van der Waals surface area (Å²) in [6, 6.07) is 14.0. The fourth-order valence-electron chi connectivity index (χ4n) is 2.27. The van der Waals surface area contributed by atoms with Crippen LogP contribution in [0.5, 0.6) is 0 Å². The Morgan fingerprint density at radius 3 is 2.65 bits per heavy atom. The molecule has 3 rings (SSSR count). The number of rotatable bonds is 6. The van der Waals surface area contributed by atoms with Gasteiger partial charge in [-0.2, -0.15) is 10.1 Å². The molecule has 1 aromatic carbocycles. The van der Waals surface area contributed by atoms with Crippen molar-refractivity contribution in [2.75, 3.05) is 16.8 Å². The molecule has 0 radical (unpaired) electrons. The number of anilines is 3. The zero-order valence-corrected chi connectivity index (χ0v) is 12.9. The van der Waals surface area contributed by atoms with E-state index in [1.807, 2.05) is 48.7 Å². The fraction of sp³-hybridized carbons (Fsp3) is 0.176. The molecule has 3 aromatic rings. The summed E-state index contributed by atoms with van der Waals surface area (Å²) in [6.45, 7) is 3.49. The van der Waals surface area contributed by atoms with E-state index >= 15 is 0 Å². The summed E-state index contributed by atoms with van der Waals surface area (Å²) in [6.07, 6.45) is 5.24. The molecule has 0 amide bonds. The molecule has 0 bridgehead atoms. The molecule has 0 atom stereocenters. The van der Waals surface area contributed by atoms with Gasteiger partial charge in [-0.05, 0) is 30.7 Å². The average Bonchev–Trinajstić information content (AvgIpc) is 2.63. The third-order valence-corrected chi connectivity index (χ3v) is 3.38. The second-order valence-corrected chi connectivity index (χ2v) is 4.93. The van der Waals surface area contributed by atoms with Crippen LogP contribution in [-0.2, 0) is 6.54 Å². The largest absolute Gasteiger partial charge is 0.349 e. The first-order valence-corrected chi connectivity index (χ1v) is 7.52. The maximum atomic E-state index is 4.56. The number of nitrogens with zero attached hydrogens (tertiary/aromatic N) is 5. The molecule has 23 heavy (non-hydrogen) atoms. The van der Waals surface area contributed by atoms with E-state index in [1.165, 1.54) is 0 Å². The number of hydrogen-bond acceptors (Lipinski definition) is 6. The van der Waals surface area contributed by atoms with E-state index in [0.29, 0.717) is 12.5 Å². The van der Waals surface area contributed by atoms with E-state index in [1.54, 1.807) is 12.4 Å². The van der Waals surface area contributed by atoms with E-state index in [2.05, 4.69) is 37.3 Å². The SMILES string of the molecule is CCN(c1ccccc1)c1cnnc(NCc2cccnc2)n1. The molecule has 0 saturated heterocycles. The molecule has 0 saturated carbocycles. The maximum absolute atomic E-state index is 4.56. The van der Waals surface area contributed by atoms with Crippen molar-refractivity contribution in [2.24, 2.45) is 0 Å². The van der Waals surface area contributed by atoms with Crippen molar-refractivity contribution in [3.05, 3.63) is 66.6 Å². The summed E-state index contributed by atoms with van der Waals surface area (Å²) in [5.41, 5.74) is 2.14. The minimum atomic E-state index is 0.501. The first kappa shape index (κ1) is 14.9. The van der Waals surface area contributed by atoms with E-state index in [-0.39, 0.29) is 0 Å². The van der Waals surface area contributed by atoms with Gasteiger partial charge in [0.15, 0.2) is 5.82 Å². The summed E-state index contributed by atoms with van der Waals surface area (Å²) in [4.78, 5) is 10.7. The standard InChI is InChI=1S/C17H18N6/c1-2-23(15-8-4-3-5-9-15)16-13-20-22-17(21-16)19-12-14-7-6-10-18-11-14/h3-11,13H,2,12H2,1H3,(H,19,21,22). The van der Waals surface area contributed by atoms with Gasteiger partial charge in [0.1, 0.15) is 0 Å². The van der Waals surface area contributed by atoms with E-state index in [0.717, 1.165) is 23.6 Å². The molecule has 2 heterocycles. The average molecular weight is 306 g/mol. The Balaban J connectivity index is 1.76. The molecule has 116 valence electrons. The quantitative estimate of drug-likeness (QED) is 0.755.